The van der Waals surface area contributed by atoms with Crippen molar-refractivity contribution in [1.82, 2.24) is 10.2 Å². The molecular formula is C18H14FN5OS2. The van der Waals surface area contributed by atoms with Crippen LogP contribution in [0.25, 0.3) is 0 Å². The summed E-state index contributed by atoms with van der Waals surface area (Å²) in [6.07, 6.45) is 0.338. The van der Waals surface area contributed by atoms with Gasteiger partial charge in [0, 0.05) is 5.69 Å². The largest absolute Gasteiger partial charge is 0.328 e. The van der Waals surface area contributed by atoms with Crippen LogP contribution in [0.5, 0.6) is 0 Å². The second-order valence-electron chi connectivity index (χ2n) is 5.35. The van der Waals surface area contributed by atoms with E-state index in [1.54, 1.807) is 42.5 Å². The molecule has 0 spiro atoms. The third-order valence-corrected chi connectivity index (χ3v) is 5.34. The Morgan fingerprint density at radius 1 is 1.19 bits per heavy atom. The summed E-state index contributed by atoms with van der Waals surface area (Å²) in [4.78, 5) is 12.0. The zero-order chi connectivity index (χ0) is 19.1. The fraction of sp³-hybridized carbons (Fsp3) is 0.111. The third kappa shape index (κ3) is 5.51. The maximum Gasteiger partial charge on any atom is 0.234 e. The first-order valence-corrected chi connectivity index (χ1v) is 9.68. The quantitative estimate of drug-likeness (QED) is 0.578. The molecule has 27 heavy (non-hydrogen) atoms. The van der Waals surface area contributed by atoms with E-state index in [0.717, 1.165) is 5.56 Å². The number of nitrogens with one attached hydrogen (secondary N) is 2. The average Bonchev–Trinajstić information content (AvgIpc) is 3.11. The Balaban J connectivity index is 1.50. The molecule has 2 aromatic carbocycles. The van der Waals surface area contributed by atoms with Gasteiger partial charge in [-0.15, -0.1) is 10.2 Å². The second-order valence-corrected chi connectivity index (χ2v) is 7.55. The van der Waals surface area contributed by atoms with Crippen molar-refractivity contribution in [2.45, 2.75) is 10.8 Å². The summed E-state index contributed by atoms with van der Waals surface area (Å²) in [6, 6.07) is 15.5. The number of halogens is 1. The number of anilines is 3. The van der Waals surface area contributed by atoms with Crippen LogP contribution in [-0.4, -0.2) is 21.9 Å². The number of amides is 1. The Kier molecular flexibility index (Phi) is 6.35. The molecule has 0 saturated carbocycles. The minimum Gasteiger partial charge on any atom is -0.328 e. The summed E-state index contributed by atoms with van der Waals surface area (Å²) in [5, 5.41) is 22.7. The molecule has 0 atom stereocenters. The minimum absolute atomic E-state index is 0.174. The Bertz CT molecular complexity index is 968. The molecule has 0 radical (unpaired) electrons. The molecule has 0 unspecified atom stereocenters. The fourth-order valence-electron chi connectivity index (χ4n) is 2.12. The van der Waals surface area contributed by atoms with Gasteiger partial charge in [-0.25, -0.2) is 4.39 Å². The summed E-state index contributed by atoms with van der Waals surface area (Å²) < 4.78 is 14.2. The normalized spacial score (nSPS) is 10.2. The Morgan fingerprint density at radius 3 is 2.70 bits per heavy atom. The number of hydrogen-bond donors (Lipinski definition) is 2. The van der Waals surface area contributed by atoms with E-state index in [4.69, 9.17) is 5.26 Å². The molecule has 0 fully saturated rings. The number of hydrogen-bond acceptors (Lipinski definition) is 7. The van der Waals surface area contributed by atoms with Crippen molar-refractivity contribution in [1.29, 1.82) is 5.26 Å². The summed E-state index contributed by atoms with van der Waals surface area (Å²) in [6.45, 7) is 0. The van der Waals surface area contributed by atoms with Crippen LogP contribution in [0.2, 0.25) is 0 Å². The molecule has 1 amide bonds. The number of aromatic nitrogens is 2. The van der Waals surface area contributed by atoms with Gasteiger partial charge in [0.2, 0.25) is 11.0 Å². The Labute approximate surface area is 163 Å². The van der Waals surface area contributed by atoms with E-state index in [1.165, 1.54) is 29.2 Å². The molecule has 3 rings (SSSR count). The number of benzene rings is 2. The monoisotopic (exact) mass is 399 g/mol. The first-order valence-electron chi connectivity index (χ1n) is 7.87. The van der Waals surface area contributed by atoms with Gasteiger partial charge in [0.05, 0.1) is 23.9 Å². The number of thioether (sulfide) groups is 1. The van der Waals surface area contributed by atoms with Crippen molar-refractivity contribution in [3.8, 4) is 6.07 Å². The van der Waals surface area contributed by atoms with Crippen LogP contribution in [0.15, 0.2) is 52.9 Å². The highest BCUT2D eigenvalue weighted by atomic mass is 32.2. The van der Waals surface area contributed by atoms with Gasteiger partial charge in [-0.2, -0.15) is 5.26 Å². The molecule has 9 heteroatoms. The molecule has 1 aromatic heterocycles. The smallest absolute Gasteiger partial charge is 0.234 e. The van der Waals surface area contributed by atoms with Crippen LogP contribution in [0.4, 0.5) is 20.9 Å². The van der Waals surface area contributed by atoms with Gasteiger partial charge in [0.1, 0.15) is 5.82 Å². The molecule has 136 valence electrons. The molecule has 6 nitrogen and oxygen atoms in total. The van der Waals surface area contributed by atoms with Crippen LogP contribution >= 0.6 is 23.1 Å². The van der Waals surface area contributed by atoms with E-state index in [1.807, 2.05) is 0 Å². The SMILES string of the molecule is N#CCc1ccc(NC(=O)CSc2nnc(Nc3ccccc3F)s2)cc1. The molecule has 3 aromatic rings. The zero-order valence-electron chi connectivity index (χ0n) is 14.0. The highest BCUT2D eigenvalue weighted by Gasteiger charge is 2.10. The van der Waals surface area contributed by atoms with E-state index in [0.29, 0.717) is 27.3 Å². The highest BCUT2D eigenvalue weighted by molar-refractivity contribution is 8.01. The van der Waals surface area contributed by atoms with Gasteiger partial charge in [-0.3, -0.25) is 4.79 Å². The summed E-state index contributed by atoms with van der Waals surface area (Å²) >= 11 is 2.50. The third-order valence-electron chi connectivity index (χ3n) is 3.37. The van der Waals surface area contributed by atoms with E-state index < -0.39 is 0 Å². The first-order chi connectivity index (χ1) is 13.1. The lowest BCUT2D eigenvalue weighted by molar-refractivity contribution is -0.113. The molecule has 1 heterocycles. The maximum atomic E-state index is 13.6. The molecule has 0 saturated heterocycles. The molecule has 0 aliphatic rings. The molecule has 0 aliphatic carbocycles. The zero-order valence-corrected chi connectivity index (χ0v) is 15.6. The number of nitrogens with zero attached hydrogens (tertiary/aromatic N) is 3. The van der Waals surface area contributed by atoms with Crippen molar-refractivity contribution in [2.24, 2.45) is 0 Å². The summed E-state index contributed by atoms with van der Waals surface area (Å²) in [5.74, 6) is -0.372. The van der Waals surface area contributed by atoms with E-state index >= 15 is 0 Å². The number of carbonyl (C=O) groups excluding carboxylic acids is 1. The molecule has 0 bridgehead atoms. The van der Waals surface area contributed by atoms with Crippen molar-refractivity contribution in [3.05, 3.63) is 59.9 Å². The average molecular weight is 399 g/mol. The maximum absolute atomic E-state index is 13.6. The molecular weight excluding hydrogens is 385 g/mol. The van der Waals surface area contributed by atoms with Crippen LogP contribution in [0, 0.1) is 17.1 Å². The number of rotatable bonds is 7. The van der Waals surface area contributed by atoms with Gasteiger partial charge in [0.15, 0.2) is 4.34 Å². The predicted molar refractivity (Wildman–Crippen MR) is 105 cm³/mol. The molecule has 0 aliphatic heterocycles. The number of nitriles is 1. The lowest BCUT2D eigenvalue weighted by atomic mass is 10.1. The van der Waals surface area contributed by atoms with Crippen molar-refractivity contribution in [3.63, 3.8) is 0 Å². The van der Waals surface area contributed by atoms with Crippen molar-refractivity contribution < 1.29 is 9.18 Å². The van der Waals surface area contributed by atoms with Crippen LogP contribution in [0.3, 0.4) is 0 Å². The number of carbonyl (C=O) groups is 1. The summed E-state index contributed by atoms with van der Waals surface area (Å²) in [5.41, 5.74) is 1.89. The summed E-state index contributed by atoms with van der Waals surface area (Å²) in [7, 11) is 0. The van der Waals surface area contributed by atoms with E-state index in [2.05, 4.69) is 26.9 Å². The minimum atomic E-state index is -0.373. The second kappa shape index (κ2) is 9.12. The number of para-hydroxylation sites is 1. The van der Waals surface area contributed by atoms with Crippen LogP contribution in [0.1, 0.15) is 5.56 Å². The Morgan fingerprint density at radius 2 is 1.96 bits per heavy atom. The van der Waals surface area contributed by atoms with Crippen molar-refractivity contribution >= 4 is 45.5 Å². The van der Waals surface area contributed by atoms with Crippen molar-refractivity contribution in [2.75, 3.05) is 16.4 Å². The standard InChI is InChI=1S/C18H14FN5OS2/c19-14-3-1-2-4-15(14)22-17-23-24-18(27-17)26-11-16(25)21-13-7-5-12(6-8-13)9-10-20/h1-8H,9,11H2,(H,21,25)(H,22,23). The van der Waals surface area contributed by atoms with Gasteiger partial charge < -0.3 is 10.6 Å². The lowest BCUT2D eigenvalue weighted by Gasteiger charge is -2.04. The Hall–Kier alpha value is -2.96. The van der Waals surface area contributed by atoms with Gasteiger partial charge >= 0.3 is 0 Å². The molecule has 2 N–H and O–H groups in total. The highest BCUT2D eigenvalue weighted by Crippen LogP contribution is 2.28. The van der Waals surface area contributed by atoms with Crippen LogP contribution < -0.4 is 10.6 Å². The predicted octanol–water partition coefficient (Wildman–Crippen LogP) is 4.22. The lowest BCUT2D eigenvalue weighted by Crippen LogP contribution is -2.13. The van der Waals surface area contributed by atoms with Crippen LogP contribution in [-0.2, 0) is 11.2 Å². The van der Waals surface area contributed by atoms with Gasteiger partial charge in [-0.1, -0.05) is 47.4 Å². The topological polar surface area (TPSA) is 90.7 Å². The first kappa shape index (κ1) is 18.8. The van der Waals surface area contributed by atoms with E-state index in [-0.39, 0.29) is 17.5 Å². The van der Waals surface area contributed by atoms with E-state index in [9.17, 15) is 9.18 Å². The fourth-order valence-corrected chi connectivity index (χ4v) is 3.68. The van der Waals surface area contributed by atoms with Gasteiger partial charge in [0.25, 0.3) is 0 Å². The van der Waals surface area contributed by atoms with Gasteiger partial charge in [-0.05, 0) is 29.8 Å².